The average Bonchev–Trinajstić information content (AvgIpc) is 2.16. The van der Waals surface area contributed by atoms with E-state index in [0.717, 1.165) is 18.4 Å². The number of hydrogen-bond donors (Lipinski definition) is 1. The minimum atomic E-state index is -3.70. The Morgan fingerprint density at radius 3 is 2.56 bits per heavy atom. The lowest BCUT2D eigenvalue weighted by Crippen LogP contribution is -2.33. The van der Waals surface area contributed by atoms with Crippen molar-refractivity contribution in [2.45, 2.75) is 5.25 Å². The summed E-state index contributed by atoms with van der Waals surface area (Å²) < 4.78 is 35.2. The molecule has 0 aliphatic carbocycles. The van der Waals surface area contributed by atoms with E-state index in [1.807, 2.05) is 0 Å². The van der Waals surface area contributed by atoms with Crippen molar-refractivity contribution in [3.05, 3.63) is 35.6 Å². The molecule has 0 heterocycles. The van der Waals surface area contributed by atoms with E-state index < -0.39 is 33.3 Å². The van der Waals surface area contributed by atoms with Gasteiger partial charge >= 0.3 is 0 Å². The van der Waals surface area contributed by atoms with Gasteiger partial charge in [-0.25, -0.2) is 12.8 Å². The number of ketones is 1. The highest BCUT2D eigenvalue weighted by molar-refractivity contribution is 7.92. The number of aliphatic hydroxyl groups excluding tert-OH is 1. The van der Waals surface area contributed by atoms with Crippen LogP contribution in [0.4, 0.5) is 4.39 Å². The van der Waals surface area contributed by atoms with Crippen molar-refractivity contribution in [1.82, 2.24) is 0 Å². The van der Waals surface area contributed by atoms with Gasteiger partial charge in [-0.05, 0) is 12.1 Å². The molecule has 0 unspecified atom stereocenters. The number of Topliss-reactive ketones (excluding diaryl/α,β-unsaturated/α-hetero) is 1. The molecule has 0 aromatic heterocycles. The van der Waals surface area contributed by atoms with E-state index in [1.54, 1.807) is 0 Å². The molecule has 0 aliphatic rings. The molecule has 0 fully saturated rings. The van der Waals surface area contributed by atoms with Crippen LogP contribution in [-0.4, -0.2) is 37.4 Å². The lowest BCUT2D eigenvalue weighted by molar-refractivity contribution is 0.0961. The van der Waals surface area contributed by atoms with Gasteiger partial charge in [-0.2, -0.15) is 0 Å². The van der Waals surface area contributed by atoms with E-state index in [0.29, 0.717) is 0 Å². The van der Waals surface area contributed by atoms with Crippen LogP contribution in [0.15, 0.2) is 24.3 Å². The van der Waals surface area contributed by atoms with Gasteiger partial charge in [-0.3, -0.25) is 4.79 Å². The fraction of sp³-hybridized carbons (Fsp3) is 0.300. The largest absolute Gasteiger partial charge is 0.395 e. The van der Waals surface area contributed by atoms with Crippen LogP contribution in [0.1, 0.15) is 10.4 Å². The third-order valence-corrected chi connectivity index (χ3v) is 3.48. The van der Waals surface area contributed by atoms with Gasteiger partial charge in [0, 0.05) is 11.8 Å². The van der Waals surface area contributed by atoms with Crippen molar-refractivity contribution in [1.29, 1.82) is 0 Å². The summed E-state index contributed by atoms with van der Waals surface area (Å²) in [6, 6.07) is 4.69. The number of hydrogen-bond acceptors (Lipinski definition) is 4. The minimum Gasteiger partial charge on any atom is -0.395 e. The molecule has 1 atom stereocenters. The van der Waals surface area contributed by atoms with Crippen LogP contribution >= 0.6 is 0 Å². The molecule has 4 nitrogen and oxygen atoms in total. The summed E-state index contributed by atoms with van der Waals surface area (Å²) in [6.45, 7) is -0.811. The summed E-state index contributed by atoms with van der Waals surface area (Å²) in [7, 11) is -3.70. The Kier molecular flexibility index (Phi) is 3.77. The molecule has 0 aliphatic heterocycles. The SMILES string of the molecule is CS(=O)(=O)[C@@H](CO)C(=O)c1cccc(F)c1. The van der Waals surface area contributed by atoms with Gasteiger partial charge < -0.3 is 5.11 Å². The minimum absolute atomic E-state index is 0.0653. The number of carbonyl (C=O) groups excluding carboxylic acids is 1. The summed E-state index contributed by atoms with van der Waals surface area (Å²) in [5, 5.41) is 7.34. The van der Waals surface area contributed by atoms with E-state index in [1.165, 1.54) is 12.1 Å². The molecule has 0 bridgehead atoms. The summed E-state index contributed by atoms with van der Waals surface area (Å²) in [5.41, 5.74) is -0.0653. The van der Waals surface area contributed by atoms with Crippen LogP contribution in [0.5, 0.6) is 0 Å². The van der Waals surface area contributed by atoms with Gasteiger partial charge in [-0.1, -0.05) is 12.1 Å². The van der Waals surface area contributed by atoms with Crippen molar-refractivity contribution in [3.8, 4) is 0 Å². The number of benzene rings is 1. The van der Waals surface area contributed by atoms with Crippen molar-refractivity contribution < 1.29 is 22.7 Å². The van der Waals surface area contributed by atoms with E-state index in [2.05, 4.69) is 0 Å². The van der Waals surface area contributed by atoms with Crippen molar-refractivity contribution in [3.63, 3.8) is 0 Å². The van der Waals surface area contributed by atoms with Gasteiger partial charge in [-0.15, -0.1) is 0 Å². The van der Waals surface area contributed by atoms with Crippen LogP contribution in [0, 0.1) is 5.82 Å². The molecule has 88 valence electrons. The molecule has 1 N–H and O–H groups in total. The number of halogens is 1. The zero-order chi connectivity index (χ0) is 12.3. The van der Waals surface area contributed by atoms with Gasteiger partial charge in [0.15, 0.2) is 15.6 Å². The fourth-order valence-electron chi connectivity index (χ4n) is 1.24. The zero-order valence-corrected chi connectivity index (χ0v) is 9.37. The van der Waals surface area contributed by atoms with Crippen LogP contribution in [-0.2, 0) is 9.84 Å². The molecule has 0 saturated heterocycles. The van der Waals surface area contributed by atoms with Crippen molar-refractivity contribution in [2.24, 2.45) is 0 Å². The third-order valence-electron chi connectivity index (χ3n) is 2.08. The molecule has 1 aromatic carbocycles. The topological polar surface area (TPSA) is 71.4 Å². The summed E-state index contributed by atoms with van der Waals surface area (Å²) in [6.07, 6.45) is 0.852. The number of aliphatic hydroxyl groups is 1. The average molecular weight is 246 g/mol. The van der Waals surface area contributed by atoms with E-state index >= 15 is 0 Å². The second-order valence-electron chi connectivity index (χ2n) is 3.38. The normalized spacial score (nSPS) is 13.4. The monoisotopic (exact) mass is 246 g/mol. The predicted molar refractivity (Wildman–Crippen MR) is 56.4 cm³/mol. The predicted octanol–water partition coefficient (Wildman–Crippen LogP) is 0.414. The van der Waals surface area contributed by atoms with Crippen molar-refractivity contribution >= 4 is 15.6 Å². The van der Waals surface area contributed by atoms with Crippen LogP contribution in [0.3, 0.4) is 0 Å². The highest BCUT2D eigenvalue weighted by Crippen LogP contribution is 2.11. The fourth-order valence-corrected chi connectivity index (χ4v) is 2.04. The maximum absolute atomic E-state index is 12.8. The summed E-state index contributed by atoms with van der Waals surface area (Å²) in [5.74, 6) is -1.43. The number of rotatable bonds is 4. The second-order valence-corrected chi connectivity index (χ2v) is 5.60. The van der Waals surface area contributed by atoms with Gasteiger partial charge in [0.25, 0.3) is 0 Å². The molecule has 1 aromatic rings. The zero-order valence-electron chi connectivity index (χ0n) is 8.55. The summed E-state index contributed by atoms with van der Waals surface area (Å²) in [4.78, 5) is 11.7. The van der Waals surface area contributed by atoms with E-state index in [-0.39, 0.29) is 5.56 Å². The first kappa shape index (κ1) is 12.8. The maximum atomic E-state index is 12.8. The van der Waals surface area contributed by atoms with E-state index in [9.17, 15) is 17.6 Å². The maximum Gasteiger partial charge on any atom is 0.183 e. The first-order chi connectivity index (χ1) is 7.36. The Morgan fingerprint density at radius 1 is 1.50 bits per heavy atom. The Hall–Kier alpha value is -1.27. The smallest absolute Gasteiger partial charge is 0.183 e. The van der Waals surface area contributed by atoms with E-state index in [4.69, 9.17) is 5.11 Å². The lowest BCUT2D eigenvalue weighted by Gasteiger charge is -2.10. The molecule has 6 heteroatoms. The Balaban J connectivity index is 3.11. The van der Waals surface area contributed by atoms with Crippen LogP contribution in [0.2, 0.25) is 0 Å². The molecule has 0 spiro atoms. The molecular weight excluding hydrogens is 235 g/mol. The molecule has 0 amide bonds. The van der Waals surface area contributed by atoms with Crippen LogP contribution < -0.4 is 0 Å². The third kappa shape index (κ3) is 2.86. The first-order valence-corrected chi connectivity index (χ1v) is 6.41. The first-order valence-electron chi connectivity index (χ1n) is 4.45. The standard InChI is InChI=1S/C10H11FO4S/c1-16(14,15)9(6-12)10(13)7-3-2-4-8(11)5-7/h2-5,9,12H,6H2,1H3/t9-/m0/s1. The number of sulfone groups is 1. The molecule has 1 rings (SSSR count). The lowest BCUT2D eigenvalue weighted by atomic mass is 10.1. The highest BCUT2D eigenvalue weighted by atomic mass is 32.2. The number of carbonyl (C=O) groups is 1. The quantitative estimate of drug-likeness (QED) is 0.781. The molecule has 0 saturated carbocycles. The molecule has 0 radical (unpaired) electrons. The van der Waals surface area contributed by atoms with Crippen molar-refractivity contribution in [2.75, 3.05) is 12.9 Å². The Labute approximate surface area is 92.6 Å². The van der Waals surface area contributed by atoms with Gasteiger partial charge in [0.05, 0.1) is 6.61 Å². The van der Waals surface area contributed by atoms with Gasteiger partial charge in [0.2, 0.25) is 0 Å². The summed E-state index contributed by atoms with van der Waals surface area (Å²) >= 11 is 0. The van der Waals surface area contributed by atoms with Crippen LogP contribution in [0.25, 0.3) is 0 Å². The Morgan fingerprint density at radius 2 is 2.12 bits per heavy atom. The molecular formula is C10H11FO4S. The van der Waals surface area contributed by atoms with Gasteiger partial charge in [0.1, 0.15) is 11.1 Å². The Bertz CT molecular complexity index is 495. The molecule has 16 heavy (non-hydrogen) atoms. The highest BCUT2D eigenvalue weighted by Gasteiger charge is 2.29. The second kappa shape index (κ2) is 4.71.